The lowest BCUT2D eigenvalue weighted by atomic mass is 10.1. The van der Waals surface area contributed by atoms with Gasteiger partial charge in [0.1, 0.15) is 0 Å². The van der Waals surface area contributed by atoms with Crippen LogP contribution in [-0.4, -0.2) is 22.7 Å². The van der Waals surface area contributed by atoms with E-state index in [1.165, 1.54) is 18.2 Å². The van der Waals surface area contributed by atoms with E-state index in [9.17, 15) is 15.0 Å². The molecule has 0 heterocycles. The summed E-state index contributed by atoms with van der Waals surface area (Å²) in [5.74, 6) is -0.460. The molecule has 0 aliphatic rings. The van der Waals surface area contributed by atoms with Crippen molar-refractivity contribution in [3.63, 3.8) is 0 Å². The molecule has 0 bridgehead atoms. The van der Waals surface area contributed by atoms with Gasteiger partial charge in [-0.25, -0.2) is 0 Å². The number of phenolic OH excluding ortho intramolecular Hbond substituents is 2. The van der Waals surface area contributed by atoms with Gasteiger partial charge >= 0.3 is 0 Å². The quantitative estimate of drug-likeness (QED) is 0.583. The maximum atomic E-state index is 11.6. The van der Waals surface area contributed by atoms with Crippen molar-refractivity contribution in [2.75, 3.05) is 6.54 Å². The van der Waals surface area contributed by atoms with E-state index in [1.807, 2.05) is 30.3 Å². The monoisotopic (exact) mass is 283 g/mol. The van der Waals surface area contributed by atoms with E-state index in [-0.39, 0.29) is 17.4 Å². The minimum Gasteiger partial charge on any atom is -0.504 e. The molecule has 0 spiro atoms. The second kappa shape index (κ2) is 7.14. The highest BCUT2D eigenvalue weighted by Crippen LogP contribution is 2.24. The first kappa shape index (κ1) is 14.7. The van der Waals surface area contributed by atoms with Gasteiger partial charge in [-0.2, -0.15) is 0 Å². The smallest absolute Gasteiger partial charge is 0.244 e. The van der Waals surface area contributed by atoms with Crippen molar-refractivity contribution in [3.8, 4) is 11.5 Å². The van der Waals surface area contributed by atoms with Crippen LogP contribution in [0.1, 0.15) is 11.1 Å². The molecular weight excluding hydrogens is 266 g/mol. The number of carbonyl (C=O) groups excluding carboxylic acids is 1. The fourth-order valence-electron chi connectivity index (χ4n) is 1.85. The van der Waals surface area contributed by atoms with E-state index in [2.05, 4.69) is 5.32 Å². The van der Waals surface area contributed by atoms with E-state index in [0.29, 0.717) is 13.0 Å². The van der Waals surface area contributed by atoms with Crippen molar-refractivity contribution >= 4 is 12.0 Å². The molecule has 0 fully saturated rings. The Hall–Kier alpha value is -2.75. The summed E-state index contributed by atoms with van der Waals surface area (Å²) in [5.41, 5.74) is 1.81. The predicted octanol–water partition coefficient (Wildman–Crippen LogP) is 2.47. The first-order valence-electron chi connectivity index (χ1n) is 6.67. The summed E-state index contributed by atoms with van der Waals surface area (Å²) in [6.07, 6.45) is 3.82. The van der Waals surface area contributed by atoms with Crippen molar-refractivity contribution in [3.05, 3.63) is 65.7 Å². The van der Waals surface area contributed by atoms with Crippen LogP contribution in [0.15, 0.2) is 54.6 Å². The molecule has 0 radical (unpaired) electrons. The Morgan fingerprint density at radius 3 is 2.52 bits per heavy atom. The van der Waals surface area contributed by atoms with Crippen LogP contribution in [0.4, 0.5) is 0 Å². The standard InChI is InChI=1S/C17H17NO3/c19-15-8-6-14(12-16(15)20)10-11-18-17(21)9-7-13-4-2-1-3-5-13/h1-9,12,19-20H,10-11H2,(H,18,21)/b9-7+. The molecule has 3 N–H and O–H groups in total. The molecule has 1 amide bonds. The fourth-order valence-corrected chi connectivity index (χ4v) is 1.85. The van der Waals surface area contributed by atoms with Crippen LogP contribution in [0, 0.1) is 0 Å². The van der Waals surface area contributed by atoms with E-state index in [4.69, 9.17) is 0 Å². The number of aromatic hydroxyl groups is 2. The van der Waals surface area contributed by atoms with Gasteiger partial charge in [0.2, 0.25) is 5.91 Å². The summed E-state index contributed by atoms with van der Waals surface area (Å²) in [5, 5.41) is 21.3. The summed E-state index contributed by atoms with van der Waals surface area (Å²) in [6, 6.07) is 14.2. The fraction of sp³-hybridized carbons (Fsp3) is 0.118. The van der Waals surface area contributed by atoms with Crippen LogP contribution in [0.25, 0.3) is 6.08 Å². The van der Waals surface area contributed by atoms with Crippen LogP contribution < -0.4 is 5.32 Å². The third-order valence-electron chi connectivity index (χ3n) is 2.98. The zero-order valence-electron chi connectivity index (χ0n) is 11.5. The molecular formula is C17H17NO3. The lowest BCUT2D eigenvalue weighted by molar-refractivity contribution is -0.116. The Morgan fingerprint density at radius 1 is 1.05 bits per heavy atom. The molecule has 0 saturated carbocycles. The molecule has 0 atom stereocenters. The highest BCUT2D eigenvalue weighted by molar-refractivity contribution is 5.91. The molecule has 2 aromatic rings. The minimum absolute atomic E-state index is 0.145. The number of benzene rings is 2. The lowest BCUT2D eigenvalue weighted by Gasteiger charge is -2.04. The number of nitrogens with one attached hydrogen (secondary N) is 1. The van der Waals surface area contributed by atoms with Crippen LogP contribution >= 0.6 is 0 Å². The van der Waals surface area contributed by atoms with Gasteiger partial charge in [0.25, 0.3) is 0 Å². The molecule has 0 saturated heterocycles. The summed E-state index contributed by atoms with van der Waals surface area (Å²) >= 11 is 0. The third-order valence-corrected chi connectivity index (χ3v) is 2.98. The SMILES string of the molecule is O=C(/C=C/c1ccccc1)NCCc1ccc(O)c(O)c1. The predicted molar refractivity (Wildman–Crippen MR) is 82.0 cm³/mol. The third kappa shape index (κ3) is 4.69. The average Bonchev–Trinajstić information content (AvgIpc) is 2.50. The zero-order valence-corrected chi connectivity index (χ0v) is 11.5. The number of carbonyl (C=O) groups is 1. The summed E-state index contributed by atoms with van der Waals surface area (Å²) in [4.78, 5) is 11.6. The van der Waals surface area contributed by atoms with E-state index < -0.39 is 0 Å². The lowest BCUT2D eigenvalue weighted by Crippen LogP contribution is -2.23. The Kier molecular flexibility index (Phi) is 4.99. The number of rotatable bonds is 5. The number of hydrogen-bond donors (Lipinski definition) is 3. The van der Waals surface area contributed by atoms with Crippen molar-refractivity contribution in [2.45, 2.75) is 6.42 Å². The van der Waals surface area contributed by atoms with Gasteiger partial charge in [-0.05, 0) is 35.8 Å². The van der Waals surface area contributed by atoms with Gasteiger partial charge in [-0.3, -0.25) is 4.79 Å². The van der Waals surface area contributed by atoms with Crippen LogP contribution in [0.3, 0.4) is 0 Å². The second-order valence-electron chi connectivity index (χ2n) is 4.61. The number of amides is 1. The number of phenols is 2. The Labute approximate surface area is 123 Å². The van der Waals surface area contributed by atoms with Gasteiger partial charge < -0.3 is 15.5 Å². The molecule has 108 valence electrons. The van der Waals surface area contributed by atoms with Crippen molar-refractivity contribution in [1.82, 2.24) is 5.32 Å². The summed E-state index contributed by atoms with van der Waals surface area (Å²) in [6.45, 7) is 0.460. The maximum absolute atomic E-state index is 11.6. The van der Waals surface area contributed by atoms with Gasteiger partial charge in [0, 0.05) is 12.6 Å². The molecule has 21 heavy (non-hydrogen) atoms. The molecule has 2 aromatic carbocycles. The minimum atomic E-state index is -0.165. The Balaban J connectivity index is 1.79. The zero-order chi connectivity index (χ0) is 15.1. The molecule has 0 aromatic heterocycles. The van der Waals surface area contributed by atoms with Crippen molar-refractivity contribution in [2.24, 2.45) is 0 Å². The molecule has 4 heteroatoms. The first-order chi connectivity index (χ1) is 10.1. The molecule has 0 aliphatic carbocycles. The summed E-state index contributed by atoms with van der Waals surface area (Å²) in [7, 11) is 0. The molecule has 0 unspecified atom stereocenters. The Bertz CT molecular complexity index is 636. The van der Waals surface area contributed by atoms with Crippen LogP contribution in [0.5, 0.6) is 11.5 Å². The first-order valence-corrected chi connectivity index (χ1v) is 6.67. The van der Waals surface area contributed by atoms with E-state index in [0.717, 1.165) is 11.1 Å². The molecule has 2 rings (SSSR count). The van der Waals surface area contributed by atoms with E-state index in [1.54, 1.807) is 12.1 Å². The normalized spacial score (nSPS) is 10.7. The van der Waals surface area contributed by atoms with Crippen LogP contribution in [0.2, 0.25) is 0 Å². The van der Waals surface area contributed by atoms with E-state index >= 15 is 0 Å². The number of hydrogen-bond acceptors (Lipinski definition) is 3. The summed E-state index contributed by atoms with van der Waals surface area (Å²) < 4.78 is 0. The Morgan fingerprint density at radius 2 is 1.81 bits per heavy atom. The van der Waals surface area contributed by atoms with Gasteiger partial charge in [-0.15, -0.1) is 0 Å². The largest absolute Gasteiger partial charge is 0.504 e. The molecule has 4 nitrogen and oxygen atoms in total. The van der Waals surface area contributed by atoms with Crippen LogP contribution in [-0.2, 0) is 11.2 Å². The van der Waals surface area contributed by atoms with Gasteiger partial charge in [-0.1, -0.05) is 36.4 Å². The van der Waals surface area contributed by atoms with Gasteiger partial charge in [0.05, 0.1) is 0 Å². The second-order valence-corrected chi connectivity index (χ2v) is 4.61. The topological polar surface area (TPSA) is 69.6 Å². The highest BCUT2D eigenvalue weighted by Gasteiger charge is 2.01. The van der Waals surface area contributed by atoms with Gasteiger partial charge in [0.15, 0.2) is 11.5 Å². The molecule has 0 aliphatic heterocycles. The average molecular weight is 283 g/mol. The maximum Gasteiger partial charge on any atom is 0.244 e. The van der Waals surface area contributed by atoms with Crippen molar-refractivity contribution in [1.29, 1.82) is 0 Å². The highest BCUT2D eigenvalue weighted by atomic mass is 16.3. The van der Waals surface area contributed by atoms with Crippen molar-refractivity contribution < 1.29 is 15.0 Å².